The maximum Gasteiger partial charge on any atom is 0.273 e. The van der Waals surface area contributed by atoms with Crippen LogP contribution in [0.4, 0.5) is 0 Å². The van der Waals surface area contributed by atoms with E-state index in [0.29, 0.717) is 6.42 Å². The van der Waals surface area contributed by atoms with E-state index < -0.39 is 10.0 Å². The topological polar surface area (TPSA) is 79.5 Å². The van der Waals surface area contributed by atoms with Crippen LogP contribution in [0.25, 0.3) is 0 Å². The Balaban J connectivity index is 2.74. The molecule has 0 amide bonds. The lowest BCUT2D eigenvalue weighted by Crippen LogP contribution is -2.24. The van der Waals surface area contributed by atoms with Crippen molar-refractivity contribution in [3.8, 4) is 12.3 Å². The standard InChI is InChI=1S/C9H11NO4S/c1-2-3-6-10-15(12,13)9-5-4-8(7-11)14-9/h1,4-5,10-11H,3,6-7H2. The maximum atomic E-state index is 11.5. The zero-order valence-electron chi connectivity index (χ0n) is 7.93. The number of aliphatic hydroxyl groups excluding tert-OH is 1. The normalized spacial score (nSPS) is 11.2. The smallest absolute Gasteiger partial charge is 0.273 e. The molecule has 0 saturated carbocycles. The Morgan fingerprint density at radius 3 is 2.80 bits per heavy atom. The highest BCUT2D eigenvalue weighted by molar-refractivity contribution is 7.89. The van der Waals surface area contributed by atoms with Gasteiger partial charge in [0.1, 0.15) is 12.4 Å². The molecule has 0 saturated heterocycles. The summed E-state index contributed by atoms with van der Waals surface area (Å²) in [6.45, 7) is -0.173. The lowest BCUT2D eigenvalue weighted by atomic mass is 10.5. The van der Waals surface area contributed by atoms with Crippen LogP contribution in [0.2, 0.25) is 0 Å². The Morgan fingerprint density at radius 2 is 2.27 bits per heavy atom. The van der Waals surface area contributed by atoms with E-state index in [-0.39, 0.29) is 24.0 Å². The first-order chi connectivity index (χ1) is 7.10. The minimum atomic E-state index is -3.65. The largest absolute Gasteiger partial charge is 0.446 e. The summed E-state index contributed by atoms with van der Waals surface area (Å²) in [6.07, 6.45) is 5.29. The van der Waals surface area contributed by atoms with Crippen LogP contribution in [0.3, 0.4) is 0 Å². The molecular formula is C9H11NO4S. The molecule has 15 heavy (non-hydrogen) atoms. The minimum Gasteiger partial charge on any atom is -0.446 e. The van der Waals surface area contributed by atoms with E-state index in [9.17, 15) is 8.42 Å². The predicted octanol–water partition coefficient (Wildman–Crippen LogP) is 0.0735. The molecule has 0 spiro atoms. The summed E-state index contributed by atoms with van der Waals surface area (Å²) < 4.78 is 30.1. The van der Waals surface area contributed by atoms with Gasteiger partial charge in [-0.2, -0.15) is 0 Å². The van der Waals surface area contributed by atoms with E-state index in [2.05, 4.69) is 10.6 Å². The number of furan rings is 1. The van der Waals surface area contributed by atoms with Gasteiger partial charge < -0.3 is 9.52 Å². The molecular weight excluding hydrogens is 218 g/mol. The number of nitrogens with one attached hydrogen (secondary N) is 1. The molecule has 0 aliphatic heterocycles. The van der Waals surface area contributed by atoms with Gasteiger partial charge in [-0.15, -0.1) is 12.3 Å². The van der Waals surface area contributed by atoms with Crippen molar-refractivity contribution in [3.63, 3.8) is 0 Å². The number of aliphatic hydroxyl groups is 1. The lowest BCUT2D eigenvalue weighted by molar-refractivity contribution is 0.236. The molecule has 0 aromatic carbocycles. The molecule has 0 fully saturated rings. The Hall–Kier alpha value is -1.29. The highest BCUT2D eigenvalue weighted by Gasteiger charge is 2.17. The van der Waals surface area contributed by atoms with Crippen LogP contribution in [0.5, 0.6) is 0 Å². The highest BCUT2D eigenvalue weighted by Crippen LogP contribution is 2.13. The third-order valence-corrected chi connectivity index (χ3v) is 2.95. The third-order valence-electron chi connectivity index (χ3n) is 1.62. The number of sulfonamides is 1. The number of rotatable bonds is 5. The fourth-order valence-electron chi connectivity index (χ4n) is 0.916. The van der Waals surface area contributed by atoms with Crippen molar-refractivity contribution in [2.45, 2.75) is 18.1 Å². The summed E-state index contributed by atoms with van der Waals surface area (Å²) in [5, 5.41) is 8.48. The number of hydrogen-bond acceptors (Lipinski definition) is 4. The molecule has 2 N–H and O–H groups in total. The van der Waals surface area contributed by atoms with E-state index in [0.717, 1.165) is 0 Å². The SMILES string of the molecule is C#CCCNS(=O)(=O)c1ccc(CO)o1. The van der Waals surface area contributed by atoms with E-state index in [1.807, 2.05) is 0 Å². The van der Waals surface area contributed by atoms with Crippen molar-refractivity contribution in [2.24, 2.45) is 0 Å². The molecule has 1 heterocycles. The van der Waals surface area contributed by atoms with Crippen LogP contribution >= 0.6 is 0 Å². The molecule has 0 aliphatic carbocycles. The molecule has 1 aromatic rings. The van der Waals surface area contributed by atoms with Crippen molar-refractivity contribution in [3.05, 3.63) is 17.9 Å². The predicted molar refractivity (Wildman–Crippen MR) is 53.3 cm³/mol. The summed E-state index contributed by atoms with van der Waals surface area (Å²) >= 11 is 0. The molecule has 0 atom stereocenters. The molecule has 0 radical (unpaired) electrons. The Bertz CT molecular complexity index is 455. The zero-order chi connectivity index (χ0) is 11.3. The first kappa shape index (κ1) is 11.8. The van der Waals surface area contributed by atoms with Crippen LogP contribution in [0, 0.1) is 12.3 Å². The number of hydrogen-bond donors (Lipinski definition) is 2. The Morgan fingerprint density at radius 1 is 1.53 bits per heavy atom. The summed E-state index contributed by atoms with van der Waals surface area (Å²) in [6, 6.07) is 2.68. The van der Waals surface area contributed by atoms with Crippen LogP contribution in [0.1, 0.15) is 12.2 Å². The highest BCUT2D eigenvalue weighted by atomic mass is 32.2. The van der Waals surface area contributed by atoms with Gasteiger partial charge in [0.25, 0.3) is 10.0 Å². The van der Waals surface area contributed by atoms with Gasteiger partial charge in [0.15, 0.2) is 0 Å². The minimum absolute atomic E-state index is 0.161. The van der Waals surface area contributed by atoms with Crippen molar-refractivity contribution in [1.82, 2.24) is 4.72 Å². The molecule has 0 unspecified atom stereocenters. The van der Waals surface area contributed by atoms with Crippen LogP contribution in [0.15, 0.2) is 21.6 Å². The van der Waals surface area contributed by atoms with Gasteiger partial charge in [0, 0.05) is 13.0 Å². The van der Waals surface area contributed by atoms with Gasteiger partial charge in [-0.3, -0.25) is 0 Å². The van der Waals surface area contributed by atoms with E-state index >= 15 is 0 Å². The first-order valence-corrected chi connectivity index (χ1v) is 5.71. The summed E-state index contributed by atoms with van der Waals surface area (Å²) in [4.78, 5) is 0. The van der Waals surface area contributed by atoms with Crippen molar-refractivity contribution >= 4 is 10.0 Å². The molecule has 1 rings (SSSR count). The van der Waals surface area contributed by atoms with Gasteiger partial charge in [-0.25, -0.2) is 13.1 Å². The van der Waals surface area contributed by atoms with E-state index in [1.54, 1.807) is 0 Å². The number of terminal acetylenes is 1. The van der Waals surface area contributed by atoms with Gasteiger partial charge in [-0.05, 0) is 12.1 Å². The van der Waals surface area contributed by atoms with Crippen LogP contribution in [-0.2, 0) is 16.6 Å². The Labute approximate surface area is 88.2 Å². The summed E-state index contributed by atoms with van der Waals surface area (Å²) in [7, 11) is -3.65. The average Bonchev–Trinajstić information content (AvgIpc) is 2.66. The molecule has 1 aromatic heterocycles. The summed E-state index contributed by atoms with van der Waals surface area (Å²) in [5.41, 5.74) is 0. The lowest BCUT2D eigenvalue weighted by Gasteiger charge is -2.00. The third kappa shape index (κ3) is 3.09. The average molecular weight is 229 g/mol. The first-order valence-electron chi connectivity index (χ1n) is 4.23. The molecule has 0 aliphatic rings. The Kier molecular flexibility index (Phi) is 3.91. The molecule has 6 heteroatoms. The van der Waals surface area contributed by atoms with Gasteiger partial charge >= 0.3 is 0 Å². The second-order valence-electron chi connectivity index (χ2n) is 2.73. The van der Waals surface area contributed by atoms with Crippen molar-refractivity contribution in [1.29, 1.82) is 0 Å². The fraction of sp³-hybridized carbons (Fsp3) is 0.333. The molecule has 0 bridgehead atoms. The fourth-order valence-corrected chi connectivity index (χ4v) is 1.89. The van der Waals surface area contributed by atoms with Gasteiger partial charge in [0.2, 0.25) is 5.09 Å². The molecule has 5 nitrogen and oxygen atoms in total. The van der Waals surface area contributed by atoms with Gasteiger partial charge in [0.05, 0.1) is 0 Å². The van der Waals surface area contributed by atoms with Crippen molar-refractivity contribution in [2.75, 3.05) is 6.54 Å². The van der Waals surface area contributed by atoms with E-state index in [1.165, 1.54) is 12.1 Å². The molecule has 82 valence electrons. The van der Waals surface area contributed by atoms with E-state index in [4.69, 9.17) is 15.9 Å². The van der Waals surface area contributed by atoms with Gasteiger partial charge in [-0.1, -0.05) is 0 Å². The second-order valence-corrected chi connectivity index (χ2v) is 4.43. The quantitative estimate of drug-likeness (QED) is 0.553. The summed E-state index contributed by atoms with van der Waals surface area (Å²) in [5.74, 6) is 2.51. The monoisotopic (exact) mass is 229 g/mol. The maximum absolute atomic E-state index is 11.5. The van der Waals surface area contributed by atoms with Crippen LogP contribution < -0.4 is 4.72 Å². The van der Waals surface area contributed by atoms with Crippen molar-refractivity contribution < 1.29 is 17.9 Å². The van der Waals surface area contributed by atoms with Crippen LogP contribution in [-0.4, -0.2) is 20.1 Å². The second kappa shape index (κ2) is 4.98. The zero-order valence-corrected chi connectivity index (χ0v) is 8.75.